The van der Waals surface area contributed by atoms with Crippen LogP contribution in [-0.2, 0) is 0 Å². The van der Waals surface area contributed by atoms with Crippen molar-refractivity contribution in [3.63, 3.8) is 0 Å². The summed E-state index contributed by atoms with van der Waals surface area (Å²) in [7, 11) is 0. The van der Waals surface area contributed by atoms with Gasteiger partial charge in [0.25, 0.3) is 0 Å². The Morgan fingerprint density at radius 2 is 2.18 bits per heavy atom. The van der Waals surface area contributed by atoms with Crippen LogP contribution in [0.2, 0.25) is 5.02 Å². The van der Waals surface area contributed by atoms with Crippen molar-refractivity contribution in [2.45, 2.75) is 6.92 Å². The van der Waals surface area contributed by atoms with Crippen molar-refractivity contribution in [2.24, 2.45) is 0 Å². The lowest BCUT2D eigenvalue weighted by Crippen LogP contribution is -1.97. The van der Waals surface area contributed by atoms with Crippen molar-refractivity contribution in [3.05, 3.63) is 52.8 Å². The molecule has 1 aromatic carbocycles. The number of hydrogen-bond acceptors (Lipinski definition) is 3. The molecule has 0 saturated carbocycles. The summed E-state index contributed by atoms with van der Waals surface area (Å²) < 4.78 is 0. The number of nitrogens with one attached hydrogen (secondary N) is 1. The van der Waals surface area contributed by atoms with E-state index in [0.29, 0.717) is 16.3 Å². The largest absolute Gasteiger partial charge is 0.352 e. The second-order valence-corrected chi connectivity index (χ2v) is 4.00. The highest BCUT2D eigenvalue weighted by atomic mass is 35.5. The number of rotatable bonds is 2. The molecule has 84 valence electrons. The molecule has 0 saturated heterocycles. The van der Waals surface area contributed by atoms with E-state index in [2.05, 4.69) is 16.4 Å². The molecule has 0 spiro atoms. The minimum atomic E-state index is 0.541. The highest BCUT2D eigenvalue weighted by Gasteiger charge is 2.06. The average molecular weight is 244 g/mol. The number of nitriles is 1. The first kappa shape index (κ1) is 11.4. The Morgan fingerprint density at radius 3 is 2.88 bits per heavy atom. The second kappa shape index (κ2) is 4.86. The fraction of sp³-hybridized carbons (Fsp3) is 0.0769. The maximum Gasteiger partial charge on any atom is 0.101 e. The van der Waals surface area contributed by atoms with Gasteiger partial charge in [0.2, 0.25) is 0 Å². The van der Waals surface area contributed by atoms with Crippen LogP contribution in [0, 0.1) is 18.3 Å². The molecule has 1 N–H and O–H groups in total. The summed E-state index contributed by atoms with van der Waals surface area (Å²) in [6, 6.07) is 9.42. The van der Waals surface area contributed by atoms with E-state index >= 15 is 0 Å². The van der Waals surface area contributed by atoms with E-state index in [1.807, 2.05) is 19.1 Å². The van der Waals surface area contributed by atoms with E-state index in [1.165, 1.54) is 0 Å². The molecule has 1 heterocycles. The Hall–Kier alpha value is -2.05. The fourth-order valence-electron chi connectivity index (χ4n) is 1.52. The zero-order valence-corrected chi connectivity index (χ0v) is 9.99. The van der Waals surface area contributed by atoms with Crippen molar-refractivity contribution in [2.75, 3.05) is 5.32 Å². The third kappa shape index (κ3) is 2.38. The Labute approximate surface area is 105 Å². The third-order valence-electron chi connectivity index (χ3n) is 2.42. The van der Waals surface area contributed by atoms with Gasteiger partial charge in [-0.2, -0.15) is 5.26 Å². The summed E-state index contributed by atoms with van der Waals surface area (Å²) in [5.74, 6) is 0. The first-order valence-corrected chi connectivity index (χ1v) is 5.46. The molecule has 0 atom stereocenters. The highest BCUT2D eigenvalue weighted by Crippen LogP contribution is 2.29. The van der Waals surface area contributed by atoms with Crippen molar-refractivity contribution in [3.8, 4) is 6.07 Å². The molecule has 4 heteroatoms. The minimum absolute atomic E-state index is 0.541. The van der Waals surface area contributed by atoms with Gasteiger partial charge in [-0.3, -0.25) is 4.98 Å². The standard InChI is InChI=1S/C13H10ClN3/c1-9-3-2-4-11(14)13(9)17-12-8-16-6-5-10(12)7-15/h2-6,8,17H,1H3. The maximum atomic E-state index is 8.98. The quantitative estimate of drug-likeness (QED) is 0.876. The highest BCUT2D eigenvalue weighted by molar-refractivity contribution is 6.33. The lowest BCUT2D eigenvalue weighted by Gasteiger charge is -2.11. The summed E-state index contributed by atoms with van der Waals surface area (Å²) in [6.07, 6.45) is 3.20. The number of halogens is 1. The van der Waals surface area contributed by atoms with Crippen molar-refractivity contribution in [1.82, 2.24) is 4.98 Å². The predicted molar refractivity (Wildman–Crippen MR) is 68.4 cm³/mol. The lowest BCUT2D eigenvalue weighted by molar-refractivity contribution is 1.30. The lowest BCUT2D eigenvalue weighted by atomic mass is 10.2. The monoisotopic (exact) mass is 243 g/mol. The number of para-hydroxylation sites is 1. The first-order valence-electron chi connectivity index (χ1n) is 5.08. The third-order valence-corrected chi connectivity index (χ3v) is 2.74. The van der Waals surface area contributed by atoms with E-state index in [0.717, 1.165) is 11.3 Å². The molecule has 0 bridgehead atoms. The minimum Gasteiger partial charge on any atom is -0.352 e. The van der Waals surface area contributed by atoms with E-state index in [-0.39, 0.29) is 0 Å². The molecule has 2 aromatic rings. The molecule has 1 aromatic heterocycles. The van der Waals surface area contributed by atoms with Gasteiger partial charge >= 0.3 is 0 Å². The molecule has 17 heavy (non-hydrogen) atoms. The number of nitrogens with zero attached hydrogens (tertiary/aromatic N) is 2. The van der Waals surface area contributed by atoms with Gasteiger partial charge in [0.1, 0.15) is 6.07 Å². The van der Waals surface area contributed by atoms with Crippen LogP contribution >= 0.6 is 11.6 Å². The van der Waals surface area contributed by atoms with Crippen molar-refractivity contribution in [1.29, 1.82) is 5.26 Å². The van der Waals surface area contributed by atoms with Gasteiger partial charge in [0, 0.05) is 6.20 Å². The molecule has 2 rings (SSSR count). The van der Waals surface area contributed by atoms with Crippen LogP contribution in [0.3, 0.4) is 0 Å². The van der Waals surface area contributed by atoms with Crippen molar-refractivity contribution < 1.29 is 0 Å². The molecule has 0 aliphatic rings. The zero-order valence-electron chi connectivity index (χ0n) is 9.24. The van der Waals surface area contributed by atoms with Crippen LogP contribution in [0.15, 0.2) is 36.7 Å². The van der Waals surface area contributed by atoms with Gasteiger partial charge < -0.3 is 5.32 Å². The maximum absolute atomic E-state index is 8.98. The molecule has 0 aliphatic heterocycles. The van der Waals surface area contributed by atoms with Gasteiger partial charge in [-0.1, -0.05) is 23.7 Å². The van der Waals surface area contributed by atoms with Crippen LogP contribution in [-0.4, -0.2) is 4.98 Å². The van der Waals surface area contributed by atoms with Gasteiger partial charge in [-0.25, -0.2) is 0 Å². The zero-order chi connectivity index (χ0) is 12.3. The molecule has 0 amide bonds. The topological polar surface area (TPSA) is 48.7 Å². The Kier molecular flexibility index (Phi) is 3.27. The van der Waals surface area contributed by atoms with Crippen LogP contribution in [0.5, 0.6) is 0 Å². The number of hydrogen-bond donors (Lipinski definition) is 1. The summed E-state index contributed by atoms with van der Waals surface area (Å²) in [4.78, 5) is 3.99. The molecular weight excluding hydrogens is 234 g/mol. The Morgan fingerprint density at radius 1 is 1.35 bits per heavy atom. The fourth-order valence-corrected chi connectivity index (χ4v) is 1.79. The number of aromatic nitrogens is 1. The Bertz CT molecular complexity index is 567. The SMILES string of the molecule is Cc1cccc(Cl)c1Nc1cnccc1C#N. The van der Waals surface area contributed by atoms with Gasteiger partial charge in [0.15, 0.2) is 0 Å². The van der Waals surface area contributed by atoms with Crippen LogP contribution in [0.1, 0.15) is 11.1 Å². The first-order chi connectivity index (χ1) is 8.22. The van der Waals surface area contributed by atoms with Crippen LogP contribution < -0.4 is 5.32 Å². The summed E-state index contributed by atoms with van der Waals surface area (Å²) in [5, 5.41) is 12.8. The number of aryl methyl sites for hydroxylation is 1. The average Bonchev–Trinajstić information content (AvgIpc) is 2.34. The molecular formula is C13H10ClN3. The van der Waals surface area contributed by atoms with Crippen LogP contribution in [0.25, 0.3) is 0 Å². The van der Waals surface area contributed by atoms with Gasteiger partial charge in [-0.15, -0.1) is 0 Å². The molecule has 0 aliphatic carbocycles. The predicted octanol–water partition coefficient (Wildman–Crippen LogP) is 3.66. The molecule has 0 radical (unpaired) electrons. The summed E-state index contributed by atoms with van der Waals surface area (Å²) in [5.41, 5.74) is 3.02. The van der Waals surface area contributed by atoms with E-state index in [9.17, 15) is 0 Å². The Balaban J connectivity index is 2.42. The second-order valence-electron chi connectivity index (χ2n) is 3.59. The van der Waals surface area contributed by atoms with Crippen molar-refractivity contribution >= 4 is 23.0 Å². The number of anilines is 2. The van der Waals surface area contributed by atoms with E-state index in [1.54, 1.807) is 24.5 Å². The number of pyridine rings is 1. The van der Waals surface area contributed by atoms with Gasteiger partial charge in [0.05, 0.1) is 28.2 Å². The van der Waals surface area contributed by atoms with Crippen LogP contribution in [0.4, 0.5) is 11.4 Å². The van der Waals surface area contributed by atoms with Gasteiger partial charge in [-0.05, 0) is 24.6 Å². The smallest absolute Gasteiger partial charge is 0.101 e. The molecule has 3 nitrogen and oxygen atoms in total. The van der Waals surface area contributed by atoms with E-state index in [4.69, 9.17) is 16.9 Å². The normalized spacial score (nSPS) is 9.71. The number of benzene rings is 1. The van der Waals surface area contributed by atoms with E-state index < -0.39 is 0 Å². The summed E-state index contributed by atoms with van der Waals surface area (Å²) in [6.45, 7) is 1.95. The molecule has 0 unspecified atom stereocenters. The molecule has 0 fully saturated rings. The summed E-state index contributed by atoms with van der Waals surface area (Å²) >= 11 is 6.11.